The van der Waals surface area contributed by atoms with Gasteiger partial charge < -0.3 is 10.1 Å². The highest BCUT2D eigenvalue weighted by Crippen LogP contribution is 2.29. The van der Waals surface area contributed by atoms with Gasteiger partial charge >= 0.3 is 6.03 Å². The van der Waals surface area contributed by atoms with Crippen molar-refractivity contribution in [1.29, 1.82) is 0 Å². The molecule has 2 aromatic rings. The van der Waals surface area contributed by atoms with Crippen molar-refractivity contribution in [3.63, 3.8) is 0 Å². The molecule has 0 heterocycles. The van der Waals surface area contributed by atoms with Crippen molar-refractivity contribution in [2.45, 2.75) is 18.4 Å². The van der Waals surface area contributed by atoms with Gasteiger partial charge in [0.25, 0.3) is 0 Å². The number of nitrogens with zero attached hydrogens (tertiary/aromatic N) is 1. The lowest BCUT2D eigenvalue weighted by molar-refractivity contribution is 0.223. The van der Waals surface area contributed by atoms with Crippen LogP contribution in [0.3, 0.4) is 0 Å². The van der Waals surface area contributed by atoms with Gasteiger partial charge in [0.15, 0.2) is 0 Å². The molecule has 0 aliphatic rings. The van der Waals surface area contributed by atoms with Crippen LogP contribution in [-0.4, -0.2) is 24.3 Å². The molecule has 0 radical (unpaired) electrons. The third-order valence-corrected chi connectivity index (χ3v) is 4.20. The molecule has 0 aromatic heterocycles. The fourth-order valence-corrected chi connectivity index (χ4v) is 2.72. The van der Waals surface area contributed by atoms with Gasteiger partial charge in [0.1, 0.15) is 12.4 Å². The number of anilines is 1. The number of carbonyl (C=O) groups is 1. The van der Waals surface area contributed by atoms with Gasteiger partial charge in [-0.3, -0.25) is 5.01 Å². The van der Waals surface area contributed by atoms with Crippen LogP contribution in [0.1, 0.15) is 11.1 Å². The van der Waals surface area contributed by atoms with Gasteiger partial charge in [-0.05, 0) is 36.9 Å². The molecule has 3 N–H and O–H groups in total. The minimum Gasteiger partial charge on any atom is -0.489 e. The second kappa shape index (κ2) is 7.89. The molecule has 0 aliphatic carbocycles. The second-order valence-corrected chi connectivity index (χ2v) is 5.93. The number of nitrogens with one attached hydrogen (secondary N) is 1. The van der Waals surface area contributed by atoms with Gasteiger partial charge in [-0.15, -0.1) is 11.8 Å². The first-order valence-corrected chi connectivity index (χ1v) is 8.39. The summed E-state index contributed by atoms with van der Waals surface area (Å²) >= 11 is 1.61. The fourth-order valence-electron chi connectivity index (χ4n) is 2.09. The highest BCUT2D eigenvalue weighted by Gasteiger charge is 2.13. The smallest absolute Gasteiger partial charge is 0.335 e. The molecule has 5 nitrogen and oxygen atoms in total. The van der Waals surface area contributed by atoms with E-state index in [0.29, 0.717) is 12.3 Å². The van der Waals surface area contributed by atoms with E-state index in [9.17, 15) is 4.79 Å². The number of nitrogens with two attached hydrogens (primary N) is 1. The van der Waals surface area contributed by atoms with Gasteiger partial charge in [-0.2, -0.15) is 0 Å². The normalized spacial score (nSPS) is 10.3. The van der Waals surface area contributed by atoms with E-state index in [1.165, 1.54) is 7.05 Å². The van der Waals surface area contributed by atoms with Crippen LogP contribution in [0, 0.1) is 6.92 Å². The molecule has 23 heavy (non-hydrogen) atoms. The maximum absolute atomic E-state index is 11.8. The summed E-state index contributed by atoms with van der Waals surface area (Å²) in [7, 11) is 1.50. The largest absolute Gasteiger partial charge is 0.489 e. The van der Waals surface area contributed by atoms with Crippen LogP contribution in [-0.2, 0) is 6.61 Å². The predicted octanol–water partition coefficient (Wildman–Crippen LogP) is 3.63. The molecule has 2 amide bonds. The highest BCUT2D eigenvalue weighted by molar-refractivity contribution is 7.98. The van der Waals surface area contributed by atoms with Crippen molar-refractivity contribution in [2.75, 3.05) is 18.6 Å². The number of para-hydroxylation sites is 1. The first-order chi connectivity index (χ1) is 11.0. The quantitative estimate of drug-likeness (QED) is 0.380. The van der Waals surface area contributed by atoms with Crippen molar-refractivity contribution in [3.05, 3.63) is 53.6 Å². The van der Waals surface area contributed by atoms with Crippen molar-refractivity contribution in [1.82, 2.24) is 5.01 Å². The van der Waals surface area contributed by atoms with Gasteiger partial charge in [0.05, 0.1) is 5.69 Å². The third kappa shape index (κ3) is 4.40. The number of aryl methyl sites for hydroxylation is 1. The molecule has 0 aliphatic heterocycles. The Hall–Kier alpha value is -2.18. The minimum absolute atomic E-state index is 0.367. The third-order valence-electron chi connectivity index (χ3n) is 3.38. The first-order valence-electron chi connectivity index (χ1n) is 7.16. The van der Waals surface area contributed by atoms with Gasteiger partial charge in [0.2, 0.25) is 0 Å². The van der Waals surface area contributed by atoms with E-state index < -0.39 is 0 Å². The molecule has 6 heteroatoms. The molecule has 2 rings (SSSR count). The van der Waals surface area contributed by atoms with Crippen LogP contribution in [0.2, 0.25) is 0 Å². The van der Waals surface area contributed by atoms with E-state index >= 15 is 0 Å². The second-order valence-electron chi connectivity index (χ2n) is 5.08. The average Bonchev–Trinajstić information content (AvgIpc) is 2.54. The van der Waals surface area contributed by atoms with E-state index in [2.05, 4.69) is 5.32 Å². The molecule has 0 fully saturated rings. The zero-order chi connectivity index (χ0) is 16.8. The number of hydrogen-bond acceptors (Lipinski definition) is 4. The lowest BCUT2D eigenvalue weighted by Crippen LogP contribution is -2.37. The molecule has 0 saturated heterocycles. The zero-order valence-electron chi connectivity index (χ0n) is 13.5. The van der Waals surface area contributed by atoms with Crippen molar-refractivity contribution >= 4 is 23.5 Å². The summed E-state index contributed by atoms with van der Waals surface area (Å²) in [6, 6.07) is 13.2. The Kier molecular flexibility index (Phi) is 5.90. The number of hydrogen-bond donors (Lipinski definition) is 2. The molecule has 0 saturated carbocycles. The van der Waals surface area contributed by atoms with Crippen LogP contribution in [0.5, 0.6) is 5.75 Å². The topological polar surface area (TPSA) is 67.6 Å². The van der Waals surface area contributed by atoms with Gasteiger partial charge in [-0.25, -0.2) is 10.6 Å². The van der Waals surface area contributed by atoms with Gasteiger partial charge in [-0.1, -0.05) is 24.3 Å². The van der Waals surface area contributed by atoms with Crippen molar-refractivity contribution in [3.8, 4) is 5.75 Å². The molecule has 122 valence electrons. The number of amides is 2. The van der Waals surface area contributed by atoms with Crippen molar-refractivity contribution in [2.24, 2.45) is 5.84 Å². The maximum Gasteiger partial charge on any atom is 0.335 e. The van der Waals surface area contributed by atoms with Crippen LogP contribution < -0.4 is 15.9 Å². The van der Waals surface area contributed by atoms with E-state index in [-0.39, 0.29) is 6.03 Å². The molecule has 0 spiro atoms. The average molecular weight is 331 g/mol. The Labute approximate surface area is 140 Å². The summed E-state index contributed by atoms with van der Waals surface area (Å²) in [5.41, 5.74) is 2.70. The Morgan fingerprint density at radius 3 is 2.65 bits per heavy atom. The molecule has 0 atom stereocenters. The first kappa shape index (κ1) is 17.2. The lowest BCUT2D eigenvalue weighted by Gasteiger charge is -2.18. The van der Waals surface area contributed by atoms with Crippen LogP contribution in [0.4, 0.5) is 10.5 Å². The summed E-state index contributed by atoms with van der Waals surface area (Å²) in [5.74, 6) is 6.30. The SMILES string of the molecule is CSc1cccc(NC(=O)N(C)N)c1COc1ccccc1C. The molecule has 0 unspecified atom stereocenters. The Balaban J connectivity index is 2.25. The van der Waals surface area contributed by atoms with E-state index in [1.54, 1.807) is 11.8 Å². The Bertz CT molecular complexity index is 689. The molecule has 0 bridgehead atoms. The van der Waals surface area contributed by atoms with Crippen LogP contribution >= 0.6 is 11.8 Å². The standard InChI is InChI=1S/C17H21N3O2S/c1-12-7-4-5-9-15(12)22-11-13-14(19-17(21)20(2)18)8-6-10-16(13)23-3/h4-10H,11,18H2,1-3H3,(H,19,21). The highest BCUT2D eigenvalue weighted by atomic mass is 32.2. The summed E-state index contributed by atoms with van der Waals surface area (Å²) < 4.78 is 5.94. The fraction of sp³-hybridized carbons (Fsp3) is 0.235. The molecule has 2 aromatic carbocycles. The Morgan fingerprint density at radius 1 is 1.26 bits per heavy atom. The van der Waals surface area contributed by atoms with Gasteiger partial charge in [0, 0.05) is 17.5 Å². The number of hydrazine groups is 1. The van der Waals surface area contributed by atoms with Crippen LogP contribution in [0.25, 0.3) is 0 Å². The summed E-state index contributed by atoms with van der Waals surface area (Å²) in [5, 5.41) is 3.82. The minimum atomic E-state index is -0.375. The molecular weight excluding hydrogens is 310 g/mol. The summed E-state index contributed by atoms with van der Waals surface area (Å²) in [4.78, 5) is 12.9. The van der Waals surface area contributed by atoms with E-state index in [0.717, 1.165) is 26.8 Å². The summed E-state index contributed by atoms with van der Waals surface area (Å²) in [6.07, 6.45) is 1.99. The van der Waals surface area contributed by atoms with Crippen LogP contribution in [0.15, 0.2) is 47.4 Å². The lowest BCUT2D eigenvalue weighted by atomic mass is 10.2. The summed E-state index contributed by atoms with van der Waals surface area (Å²) in [6.45, 7) is 2.37. The maximum atomic E-state index is 11.8. The monoisotopic (exact) mass is 331 g/mol. The molecular formula is C17H21N3O2S. The number of benzene rings is 2. The van der Waals surface area contributed by atoms with E-state index in [1.807, 2.05) is 55.6 Å². The number of thioether (sulfide) groups is 1. The number of rotatable bonds is 5. The zero-order valence-corrected chi connectivity index (χ0v) is 14.3. The Morgan fingerprint density at radius 2 is 2.00 bits per heavy atom. The number of ether oxygens (including phenoxy) is 1. The number of urea groups is 1. The predicted molar refractivity (Wildman–Crippen MR) is 94.7 cm³/mol. The number of carbonyl (C=O) groups excluding carboxylic acids is 1. The van der Waals surface area contributed by atoms with Crippen molar-refractivity contribution < 1.29 is 9.53 Å². The van der Waals surface area contributed by atoms with E-state index in [4.69, 9.17) is 10.6 Å².